The van der Waals surface area contributed by atoms with E-state index in [1.165, 1.54) is 6.42 Å². The van der Waals surface area contributed by atoms with E-state index in [2.05, 4.69) is 11.4 Å². The average molecular weight is 283 g/mol. The van der Waals surface area contributed by atoms with Crippen molar-refractivity contribution >= 4 is 5.91 Å². The summed E-state index contributed by atoms with van der Waals surface area (Å²) >= 11 is 0. The fourth-order valence-corrected chi connectivity index (χ4v) is 3.65. The number of fused-ring (bicyclic) bond motifs is 2. The van der Waals surface area contributed by atoms with Gasteiger partial charge in [-0.3, -0.25) is 4.79 Å². The number of nitrogens with zero attached hydrogens (tertiary/aromatic N) is 2. The van der Waals surface area contributed by atoms with Crippen molar-refractivity contribution in [3.63, 3.8) is 0 Å². The Kier molecular flexibility index (Phi) is 3.94. The number of nitriles is 1. The van der Waals surface area contributed by atoms with Gasteiger partial charge in [-0.1, -0.05) is 18.2 Å². The maximum absolute atomic E-state index is 12.8. The molecular formula is C17H21N3O. The van der Waals surface area contributed by atoms with Crippen molar-refractivity contribution in [2.24, 2.45) is 5.92 Å². The van der Waals surface area contributed by atoms with Gasteiger partial charge in [-0.2, -0.15) is 5.26 Å². The Morgan fingerprint density at radius 2 is 2.24 bits per heavy atom. The topological polar surface area (TPSA) is 56.1 Å². The largest absolute Gasteiger partial charge is 0.338 e. The van der Waals surface area contributed by atoms with Gasteiger partial charge >= 0.3 is 0 Å². The molecule has 3 rings (SSSR count). The van der Waals surface area contributed by atoms with Gasteiger partial charge in [0.2, 0.25) is 5.91 Å². The summed E-state index contributed by atoms with van der Waals surface area (Å²) in [6.07, 6.45) is 3.30. The predicted octanol–water partition coefficient (Wildman–Crippen LogP) is 2.05. The molecule has 1 aromatic rings. The van der Waals surface area contributed by atoms with Crippen LogP contribution in [0.5, 0.6) is 0 Å². The summed E-state index contributed by atoms with van der Waals surface area (Å²) < 4.78 is 0. The molecule has 0 spiro atoms. The van der Waals surface area contributed by atoms with Crippen molar-refractivity contribution in [1.82, 2.24) is 10.2 Å². The molecular weight excluding hydrogens is 262 g/mol. The lowest BCUT2D eigenvalue weighted by molar-refractivity contribution is -0.136. The molecule has 2 saturated heterocycles. The summed E-state index contributed by atoms with van der Waals surface area (Å²) in [4.78, 5) is 14.7. The Hall–Kier alpha value is -1.86. The number of carbonyl (C=O) groups excluding carboxylic acids is 1. The molecule has 4 nitrogen and oxygen atoms in total. The molecule has 1 aromatic carbocycles. The summed E-state index contributed by atoms with van der Waals surface area (Å²) in [6, 6.07) is 10.6. The van der Waals surface area contributed by atoms with Crippen LogP contribution in [0, 0.1) is 17.2 Å². The molecule has 3 unspecified atom stereocenters. The van der Waals surface area contributed by atoms with E-state index in [0.717, 1.165) is 18.4 Å². The van der Waals surface area contributed by atoms with Crippen molar-refractivity contribution in [3.8, 4) is 6.07 Å². The highest BCUT2D eigenvalue weighted by Crippen LogP contribution is 2.34. The predicted molar refractivity (Wildman–Crippen MR) is 80.3 cm³/mol. The minimum atomic E-state index is 0.123. The zero-order valence-corrected chi connectivity index (χ0v) is 12.4. The normalized spacial score (nSPS) is 26.6. The maximum atomic E-state index is 12.8. The molecule has 2 heterocycles. The lowest BCUT2D eigenvalue weighted by Gasteiger charge is -2.28. The molecule has 2 aliphatic heterocycles. The van der Waals surface area contributed by atoms with E-state index in [1.54, 1.807) is 0 Å². The Morgan fingerprint density at radius 1 is 1.43 bits per heavy atom. The van der Waals surface area contributed by atoms with Crippen molar-refractivity contribution in [3.05, 3.63) is 35.4 Å². The number of rotatable bonds is 4. The second kappa shape index (κ2) is 5.87. The molecule has 1 N–H and O–H groups in total. The van der Waals surface area contributed by atoms with Gasteiger partial charge in [-0.25, -0.2) is 0 Å². The van der Waals surface area contributed by atoms with Gasteiger partial charge in [0.25, 0.3) is 0 Å². The summed E-state index contributed by atoms with van der Waals surface area (Å²) in [5.41, 5.74) is 1.60. The summed E-state index contributed by atoms with van der Waals surface area (Å²) in [6.45, 7) is 3.23. The SMILES string of the molecule is CCN(Cc1ccccc1C#N)C(=O)C1CC2CCC1N2. The van der Waals surface area contributed by atoms with E-state index in [9.17, 15) is 10.1 Å². The van der Waals surface area contributed by atoms with Crippen LogP contribution in [0.15, 0.2) is 24.3 Å². The third-order valence-corrected chi connectivity index (χ3v) is 4.81. The first-order valence-corrected chi connectivity index (χ1v) is 7.75. The van der Waals surface area contributed by atoms with Crippen LogP contribution in [0.1, 0.15) is 37.3 Å². The van der Waals surface area contributed by atoms with Crippen LogP contribution >= 0.6 is 0 Å². The van der Waals surface area contributed by atoms with Crippen LogP contribution in [-0.2, 0) is 11.3 Å². The van der Waals surface area contributed by atoms with E-state index < -0.39 is 0 Å². The zero-order valence-electron chi connectivity index (χ0n) is 12.4. The highest BCUT2D eigenvalue weighted by Gasteiger charge is 2.43. The smallest absolute Gasteiger partial charge is 0.227 e. The van der Waals surface area contributed by atoms with Crippen LogP contribution in [0.4, 0.5) is 0 Å². The van der Waals surface area contributed by atoms with Gasteiger partial charge in [-0.05, 0) is 37.8 Å². The number of benzene rings is 1. The number of amides is 1. The highest BCUT2D eigenvalue weighted by molar-refractivity contribution is 5.80. The molecule has 2 fully saturated rings. The Morgan fingerprint density at radius 3 is 2.86 bits per heavy atom. The number of nitrogens with one attached hydrogen (secondary N) is 1. The Labute approximate surface area is 125 Å². The van der Waals surface area contributed by atoms with Gasteiger partial charge in [0.15, 0.2) is 0 Å². The molecule has 0 radical (unpaired) electrons. The van der Waals surface area contributed by atoms with Crippen LogP contribution in [-0.4, -0.2) is 29.4 Å². The van der Waals surface area contributed by atoms with Crippen LogP contribution < -0.4 is 5.32 Å². The minimum absolute atomic E-state index is 0.123. The number of carbonyl (C=O) groups is 1. The van der Waals surface area contributed by atoms with E-state index >= 15 is 0 Å². The fraction of sp³-hybridized carbons (Fsp3) is 0.529. The van der Waals surface area contributed by atoms with E-state index in [0.29, 0.717) is 30.7 Å². The van der Waals surface area contributed by atoms with Crippen molar-refractivity contribution < 1.29 is 4.79 Å². The first kappa shape index (κ1) is 14.1. The molecule has 2 bridgehead atoms. The van der Waals surface area contributed by atoms with Crippen LogP contribution in [0.3, 0.4) is 0 Å². The van der Waals surface area contributed by atoms with Gasteiger partial charge < -0.3 is 10.2 Å². The average Bonchev–Trinajstić information content (AvgIpc) is 3.15. The van der Waals surface area contributed by atoms with Gasteiger partial charge in [-0.15, -0.1) is 0 Å². The Balaban J connectivity index is 1.73. The molecule has 110 valence electrons. The van der Waals surface area contributed by atoms with Crippen molar-refractivity contribution in [2.75, 3.05) is 6.54 Å². The monoisotopic (exact) mass is 283 g/mol. The zero-order chi connectivity index (χ0) is 14.8. The maximum Gasteiger partial charge on any atom is 0.227 e. The van der Waals surface area contributed by atoms with Gasteiger partial charge in [0, 0.05) is 25.2 Å². The Bertz CT molecular complexity index is 578. The van der Waals surface area contributed by atoms with E-state index in [1.807, 2.05) is 36.1 Å². The summed E-state index contributed by atoms with van der Waals surface area (Å²) in [5, 5.41) is 12.7. The second-order valence-electron chi connectivity index (χ2n) is 6.01. The first-order chi connectivity index (χ1) is 10.2. The lowest BCUT2D eigenvalue weighted by atomic mass is 9.88. The standard InChI is InChI=1S/C17H21N3O/c1-2-20(11-13-6-4-3-5-12(13)10-18)17(21)15-9-14-7-8-16(15)19-14/h3-6,14-16,19H,2,7-9,11H2,1H3. The van der Waals surface area contributed by atoms with Gasteiger partial charge in [0.05, 0.1) is 17.6 Å². The molecule has 1 amide bonds. The second-order valence-corrected chi connectivity index (χ2v) is 6.01. The molecule has 4 heteroatoms. The quantitative estimate of drug-likeness (QED) is 0.920. The molecule has 3 atom stereocenters. The lowest BCUT2D eigenvalue weighted by Crippen LogP contribution is -2.40. The highest BCUT2D eigenvalue weighted by atomic mass is 16.2. The molecule has 21 heavy (non-hydrogen) atoms. The van der Waals surface area contributed by atoms with Gasteiger partial charge in [0.1, 0.15) is 0 Å². The number of hydrogen-bond acceptors (Lipinski definition) is 3. The van der Waals surface area contributed by atoms with Crippen molar-refractivity contribution in [2.45, 2.75) is 44.8 Å². The molecule has 0 aliphatic carbocycles. The molecule has 0 aromatic heterocycles. The fourth-order valence-electron chi connectivity index (χ4n) is 3.65. The third kappa shape index (κ3) is 2.66. The van der Waals surface area contributed by atoms with E-state index in [-0.39, 0.29) is 11.8 Å². The summed E-state index contributed by atoms with van der Waals surface area (Å²) in [5.74, 6) is 0.364. The van der Waals surface area contributed by atoms with E-state index in [4.69, 9.17) is 0 Å². The summed E-state index contributed by atoms with van der Waals surface area (Å²) in [7, 11) is 0. The van der Waals surface area contributed by atoms with Crippen LogP contribution in [0.2, 0.25) is 0 Å². The third-order valence-electron chi connectivity index (χ3n) is 4.81. The molecule has 2 aliphatic rings. The van der Waals surface area contributed by atoms with Crippen molar-refractivity contribution in [1.29, 1.82) is 5.26 Å². The number of hydrogen-bond donors (Lipinski definition) is 1. The first-order valence-electron chi connectivity index (χ1n) is 7.75. The van der Waals surface area contributed by atoms with Crippen LogP contribution in [0.25, 0.3) is 0 Å². The molecule has 0 saturated carbocycles. The minimum Gasteiger partial charge on any atom is -0.338 e.